The van der Waals surface area contributed by atoms with Crippen LogP contribution < -0.4 is 16.4 Å². The van der Waals surface area contributed by atoms with Gasteiger partial charge in [0.1, 0.15) is 5.84 Å². The highest BCUT2D eigenvalue weighted by atomic mass is 15.3. The van der Waals surface area contributed by atoms with Gasteiger partial charge in [0.15, 0.2) is 6.29 Å². The molecule has 2 rings (SSSR count). The summed E-state index contributed by atoms with van der Waals surface area (Å²) in [5, 5.41) is 6.43. The Morgan fingerprint density at radius 2 is 2.29 bits per heavy atom. The van der Waals surface area contributed by atoms with Crippen molar-refractivity contribution in [2.45, 2.75) is 13.2 Å². The van der Waals surface area contributed by atoms with E-state index in [-0.39, 0.29) is 6.29 Å². The molecular weight excluding hydrogens is 176 g/mol. The average molecular weight is 190 g/mol. The van der Waals surface area contributed by atoms with Crippen LogP contribution in [0.2, 0.25) is 0 Å². The minimum Gasteiger partial charge on any atom is -0.383 e. The average Bonchev–Trinajstić information content (AvgIpc) is 2.18. The van der Waals surface area contributed by atoms with Crippen molar-refractivity contribution in [3.8, 4) is 0 Å². The van der Waals surface area contributed by atoms with Crippen LogP contribution in [0.25, 0.3) is 0 Å². The summed E-state index contributed by atoms with van der Waals surface area (Å²) in [5.74, 6) is 0.588. The molecule has 0 radical (unpaired) electrons. The molecule has 0 aromatic heterocycles. The van der Waals surface area contributed by atoms with Crippen LogP contribution in [-0.4, -0.2) is 18.7 Å². The molecule has 0 spiro atoms. The molecular formula is C10H14N4. The summed E-state index contributed by atoms with van der Waals surface area (Å²) >= 11 is 0. The van der Waals surface area contributed by atoms with E-state index in [1.807, 2.05) is 31.2 Å². The molecule has 1 aromatic rings. The van der Waals surface area contributed by atoms with Crippen molar-refractivity contribution in [2.24, 2.45) is 10.7 Å². The topological polar surface area (TPSA) is 62.4 Å². The molecule has 74 valence electrons. The van der Waals surface area contributed by atoms with E-state index in [2.05, 4.69) is 15.6 Å². The van der Waals surface area contributed by atoms with E-state index in [0.29, 0.717) is 5.84 Å². The minimum absolute atomic E-state index is 0.102. The molecule has 0 aliphatic carbocycles. The highest BCUT2D eigenvalue weighted by molar-refractivity contribution is 6.03. The summed E-state index contributed by atoms with van der Waals surface area (Å²) in [6.45, 7) is 2.89. The van der Waals surface area contributed by atoms with Crippen molar-refractivity contribution in [3.63, 3.8) is 0 Å². The number of nitrogens with zero attached hydrogens (tertiary/aromatic N) is 1. The van der Waals surface area contributed by atoms with Gasteiger partial charge in [0.25, 0.3) is 0 Å². The zero-order valence-electron chi connectivity index (χ0n) is 8.12. The number of rotatable bonds is 2. The van der Waals surface area contributed by atoms with Crippen LogP contribution in [0, 0.1) is 0 Å². The number of amidine groups is 1. The SMILES string of the molecule is CCNC1N=C(N)c2ccccc2N1. The smallest absolute Gasteiger partial charge is 0.176 e. The first kappa shape index (κ1) is 9.02. The number of para-hydroxylation sites is 1. The first-order chi connectivity index (χ1) is 6.81. The maximum atomic E-state index is 5.84. The van der Waals surface area contributed by atoms with Crippen LogP contribution >= 0.6 is 0 Å². The third kappa shape index (κ3) is 1.56. The maximum absolute atomic E-state index is 5.84. The number of nitrogens with one attached hydrogen (secondary N) is 2. The Morgan fingerprint density at radius 1 is 1.50 bits per heavy atom. The molecule has 1 atom stereocenters. The predicted molar refractivity (Wildman–Crippen MR) is 58.3 cm³/mol. The molecule has 1 unspecified atom stereocenters. The molecule has 1 heterocycles. The fourth-order valence-electron chi connectivity index (χ4n) is 1.51. The molecule has 0 fully saturated rings. The lowest BCUT2D eigenvalue weighted by Crippen LogP contribution is -2.40. The second-order valence-electron chi connectivity index (χ2n) is 3.16. The van der Waals surface area contributed by atoms with Gasteiger partial charge in [-0.25, -0.2) is 4.99 Å². The monoisotopic (exact) mass is 190 g/mol. The summed E-state index contributed by atoms with van der Waals surface area (Å²) in [6, 6.07) is 7.90. The predicted octanol–water partition coefficient (Wildman–Crippen LogP) is 0.710. The zero-order valence-corrected chi connectivity index (χ0v) is 8.12. The Bertz CT molecular complexity index is 359. The molecule has 1 aliphatic heterocycles. The quantitative estimate of drug-likeness (QED) is 0.643. The fourth-order valence-corrected chi connectivity index (χ4v) is 1.51. The van der Waals surface area contributed by atoms with Crippen LogP contribution in [0.5, 0.6) is 0 Å². The van der Waals surface area contributed by atoms with Gasteiger partial charge in [0, 0.05) is 11.3 Å². The number of hydrogen-bond acceptors (Lipinski definition) is 4. The normalized spacial score (nSPS) is 19.5. The summed E-state index contributed by atoms with van der Waals surface area (Å²) in [5.41, 5.74) is 7.84. The highest BCUT2D eigenvalue weighted by Gasteiger charge is 2.16. The van der Waals surface area contributed by atoms with Crippen LogP contribution in [0.1, 0.15) is 12.5 Å². The molecule has 0 saturated carbocycles. The van der Waals surface area contributed by atoms with Crippen molar-refractivity contribution in [2.75, 3.05) is 11.9 Å². The summed E-state index contributed by atoms with van der Waals surface area (Å²) in [4.78, 5) is 4.29. The molecule has 0 saturated heterocycles. The Hall–Kier alpha value is -1.55. The Labute approximate surface area is 83.2 Å². The molecule has 4 N–H and O–H groups in total. The number of nitrogens with two attached hydrogens (primary N) is 1. The molecule has 0 amide bonds. The van der Waals surface area contributed by atoms with Gasteiger partial charge in [-0.05, 0) is 18.7 Å². The van der Waals surface area contributed by atoms with Gasteiger partial charge >= 0.3 is 0 Å². The number of hydrogen-bond donors (Lipinski definition) is 3. The molecule has 1 aliphatic rings. The van der Waals surface area contributed by atoms with Crippen molar-refractivity contribution < 1.29 is 0 Å². The molecule has 4 heteroatoms. The van der Waals surface area contributed by atoms with E-state index in [1.165, 1.54) is 0 Å². The lowest BCUT2D eigenvalue weighted by molar-refractivity contribution is 0.599. The van der Waals surface area contributed by atoms with E-state index < -0.39 is 0 Å². The minimum atomic E-state index is -0.102. The summed E-state index contributed by atoms with van der Waals surface area (Å²) in [6.07, 6.45) is -0.102. The summed E-state index contributed by atoms with van der Waals surface area (Å²) in [7, 11) is 0. The van der Waals surface area contributed by atoms with Gasteiger partial charge in [-0.1, -0.05) is 19.1 Å². The second-order valence-corrected chi connectivity index (χ2v) is 3.16. The van der Waals surface area contributed by atoms with Crippen LogP contribution in [0.15, 0.2) is 29.3 Å². The zero-order chi connectivity index (χ0) is 9.97. The summed E-state index contributed by atoms with van der Waals surface area (Å²) < 4.78 is 0. The van der Waals surface area contributed by atoms with Crippen molar-refractivity contribution in [1.29, 1.82) is 0 Å². The maximum Gasteiger partial charge on any atom is 0.176 e. The van der Waals surface area contributed by atoms with E-state index in [9.17, 15) is 0 Å². The first-order valence-electron chi connectivity index (χ1n) is 4.74. The largest absolute Gasteiger partial charge is 0.383 e. The molecule has 14 heavy (non-hydrogen) atoms. The standard InChI is InChI=1S/C10H14N4/c1-2-12-10-13-8-6-4-3-5-7(8)9(11)14-10/h3-6,10,12-13H,2H2,1H3,(H2,11,14). The van der Waals surface area contributed by atoms with Crippen LogP contribution in [-0.2, 0) is 0 Å². The van der Waals surface area contributed by atoms with Crippen LogP contribution in [0.4, 0.5) is 5.69 Å². The number of anilines is 1. The Morgan fingerprint density at radius 3 is 3.07 bits per heavy atom. The highest BCUT2D eigenvalue weighted by Crippen LogP contribution is 2.19. The van der Waals surface area contributed by atoms with Gasteiger partial charge in [0.2, 0.25) is 0 Å². The van der Waals surface area contributed by atoms with Gasteiger partial charge in [-0.2, -0.15) is 0 Å². The van der Waals surface area contributed by atoms with E-state index in [1.54, 1.807) is 0 Å². The fraction of sp³-hybridized carbons (Fsp3) is 0.300. The van der Waals surface area contributed by atoms with Crippen molar-refractivity contribution in [1.82, 2.24) is 5.32 Å². The number of aliphatic imine (C=N–C) groups is 1. The third-order valence-electron chi connectivity index (χ3n) is 2.16. The Balaban J connectivity index is 2.30. The lowest BCUT2D eigenvalue weighted by atomic mass is 10.1. The van der Waals surface area contributed by atoms with E-state index in [0.717, 1.165) is 17.8 Å². The van der Waals surface area contributed by atoms with Gasteiger partial charge < -0.3 is 11.1 Å². The van der Waals surface area contributed by atoms with E-state index in [4.69, 9.17) is 5.73 Å². The third-order valence-corrected chi connectivity index (χ3v) is 2.16. The van der Waals surface area contributed by atoms with Gasteiger partial charge in [-0.3, -0.25) is 5.32 Å². The first-order valence-corrected chi connectivity index (χ1v) is 4.74. The number of benzene rings is 1. The van der Waals surface area contributed by atoms with Crippen molar-refractivity contribution >= 4 is 11.5 Å². The van der Waals surface area contributed by atoms with Gasteiger partial charge in [0.05, 0.1) is 0 Å². The molecule has 4 nitrogen and oxygen atoms in total. The lowest BCUT2D eigenvalue weighted by Gasteiger charge is -2.24. The van der Waals surface area contributed by atoms with Gasteiger partial charge in [-0.15, -0.1) is 0 Å². The Kier molecular flexibility index (Phi) is 2.37. The number of fused-ring (bicyclic) bond motifs is 1. The molecule has 0 bridgehead atoms. The molecule has 1 aromatic carbocycles. The van der Waals surface area contributed by atoms with Crippen LogP contribution in [0.3, 0.4) is 0 Å². The van der Waals surface area contributed by atoms with E-state index >= 15 is 0 Å². The second kappa shape index (κ2) is 3.67. The van der Waals surface area contributed by atoms with Crippen molar-refractivity contribution in [3.05, 3.63) is 29.8 Å².